The highest BCUT2D eigenvalue weighted by Crippen LogP contribution is 2.23. The van der Waals surface area contributed by atoms with Crippen LogP contribution in [0.15, 0.2) is 48.5 Å². The van der Waals surface area contributed by atoms with Crippen molar-refractivity contribution in [1.29, 1.82) is 0 Å². The number of rotatable bonds is 13. The molecule has 0 radical (unpaired) electrons. The first-order valence-electron chi connectivity index (χ1n) is 11.6. The van der Waals surface area contributed by atoms with Gasteiger partial charge in [0.25, 0.3) is 0 Å². The minimum absolute atomic E-state index is 0.0998. The van der Waals surface area contributed by atoms with E-state index in [9.17, 15) is 18.0 Å². The van der Waals surface area contributed by atoms with E-state index in [0.717, 1.165) is 29.0 Å². The Morgan fingerprint density at radius 1 is 1.11 bits per heavy atom. The number of nitrogens with one attached hydrogen (secondary N) is 1. The van der Waals surface area contributed by atoms with E-state index in [4.69, 9.17) is 16.3 Å². The first-order valence-corrected chi connectivity index (χ1v) is 13.8. The van der Waals surface area contributed by atoms with Crippen molar-refractivity contribution in [2.24, 2.45) is 0 Å². The number of carbonyl (C=O) groups excluding carboxylic acids is 2. The van der Waals surface area contributed by atoms with Gasteiger partial charge >= 0.3 is 0 Å². The third kappa shape index (κ3) is 8.74. The SMILES string of the molecule is CCCCNC(=O)[C@@H](C)N(Cc1cccc(Cl)c1)C(=O)CN(c1ccc(OCC)cc1)S(C)(=O)=O. The van der Waals surface area contributed by atoms with E-state index >= 15 is 0 Å². The molecule has 0 bridgehead atoms. The number of amides is 2. The van der Waals surface area contributed by atoms with E-state index in [1.165, 1.54) is 4.90 Å². The van der Waals surface area contributed by atoms with Crippen LogP contribution in [0.1, 0.15) is 39.2 Å². The van der Waals surface area contributed by atoms with Crippen LogP contribution in [0.2, 0.25) is 5.02 Å². The van der Waals surface area contributed by atoms with E-state index in [0.29, 0.717) is 29.6 Å². The third-order valence-electron chi connectivity index (χ3n) is 5.35. The number of halogens is 1. The average Bonchev–Trinajstić information content (AvgIpc) is 2.80. The molecule has 8 nitrogen and oxygen atoms in total. The first-order chi connectivity index (χ1) is 16.6. The molecule has 2 rings (SSSR count). The summed E-state index contributed by atoms with van der Waals surface area (Å²) in [6.07, 6.45) is 2.78. The van der Waals surface area contributed by atoms with Crippen LogP contribution in [0.5, 0.6) is 5.75 Å². The maximum atomic E-state index is 13.5. The number of sulfonamides is 1. The number of benzene rings is 2. The molecule has 10 heteroatoms. The van der Waals surface area contributed by atoms with Gasteiger partial charge in [-0.1, -0.05) is 37.1 Å². The number of hydrogen-bond donors (Lipinski definition) is 1. The normalized spacial score (nSPS) is 12.0. The summed E-state index contributed by atoms with van der Waals surface area (Å²) in [4.78, 5) is 27.7. The molecule has 0 heterocycles. The summed E-state index contributed by atoms with van der Waals surface area (Å²) < 4.78 is 31.7. The molecule has 2 aromatic rings. The van der Waals surface area contributed by atoms with Crippen molar-refractivity contribution in [1.82, 2.24) is 10.2 Å². The van der Waals surface area contributed by atoms with Crippen molar-refractivity contribution in [3.05, 3.63) is 59.1 Å². The number of nitrogens with zero attached hydrogens (tertiary/aromatic N) is 2. The predicted molar refractivity (Wildman–Crippen MR) is 139 cm³/mol. The zero-order valence-electron chi connectivity index (χ0n) is 20.7. The molecule has 2 amide bonds. The molecule has 0 spiro atoms. The maximum absolute atomic E-state index is 13.5. The number of hydrogen-bond acceptors (Lipinski definition) is 5. The highest BCUT2D eigenvalue weighted by molar-refractivity contribution is 7.92. The molecule has 1 N–H and O–H groups in total. The van der Waals surface area contributed by atoms with E-state index in [2.05, 4.69) is 5.32 Å². The summed E-state index contributed by atoms with van der Waals surface area (Å²) in [6.45, 7) is 6.12. The van der Waals surface area contributed by atoms with Crippen LogP contribution < -0.4 is 14.4 Å². The average molecular weight is 524 g/mol. The Morgan fingerprint density at radius 3 is 2.37 bits per heavy atom. The quantitative estimate of drug-likeness (QED) is 0.402. The Bertz CT molecular complexity index is 1090. The minimum Gasteiger partial charge on any atom is -0.494 e. The van der Waals surface area contributed by atoms with Crippen LogP contribution in [0.3, 0.4) is 0 Å². The van der Waals surface area contributed by atoms with Gasteiger partial charge < -0.3 is 15.0 Å². The van der Waals surface area contributed by atoms with Crippen molar-refractivity contribution >= 4 is 39.1 Å². The van der Waals surface area contributed by atoms with Crippen LogP contribution in [-0.2, 0) is 26.2 Å². The molecule has 192 valence electrons. The number of unbranched alkanes of at least 4 members (excludes halogenated alkanes) is 1. The summed E-state index contributed by atoms with van der Waals surface area (Å²) in [5.41, 5.74) is 1.05. The molecule has 35 heavy (non-hydrogen) atoms. The van der Waals surface area contributed by atoms with Gasteiger partial charge in [-0.3, -0.25) is 13.9 Å². The molecule has 0 aliphatic heterocycles. The molecule has 0 unspecified atom stereocenters. The molecule has 1 atom stereocenters. The smallest absolute Gasteiger partial charge is 0.244 e. The van der Waals surface area contributed by atoms with Gasteiger partial charge in [-0.2, -0.15) is 0 Å². The van der Waals surface area contributed by atoms with Gasteiger partial charge in [-0.05, 0) is 62.2 Å². The molecular formula is C25H34ClN3O5S. The predicted octanol–water partition coefficient (Wildman–Crippen LogP) is 3.84. The fourth-order valence-corrected chi connectivity index (χ4v) is 4.50. The lowest BCUT2D eigenvalue weighted by molar-refractivity contribution is -0.139. The Kier molecular flexibility index (Phi) is 10.9. The highest BCUT2D eigenvalue weighted by atomic mass is 35.5. The summed E-state index contributed by atoms with van der Waals surface area (Å²) in [5.74, 6) is -0.223. The van der Waals surface area contributed by atoms with Gasteiger partial charge in [0, 0.05) is 18.1 Å². The van der Waals surface area contributed by atoms with Gasteiger partial charge in [0.05, 0.1) is 18.6 Å². The number of anilines is 1. The molecule has 0 aliphatic carbocycles. The van der Waals surface area contributed by atoms with Crippen molar-refractivity contribution in [3.8, 4) is 5.75 Å². The van der Waals surface area contributed by atoms with Crippen LogP contribution in [0.4, 0.5) is 5.69 Å². The van der Waals surface area contributed by atoms with Gasteiger partial charge in [0.15, 0.2) is 0 Å². The standard InChI is InChI=1S/C25H34ClN3O5S/c1-5-7-15-27-25(31)19(3)28(17-20-9-8-10-21(26)16-20)24(30)18-29(35(4,32)33)22-11-13-23(14-12-22)34-6-2/h8-14,16,19H,5-7,15,17-18H2,1-4H3,(H,27,31)/t19-/m1/s1. The van der Waals surface area contributed by atoms with Crippen LogP contribution in [-0.4, -0.2) is 57.1 Å². The van der Waals surface area contributed by atoms with E-state index < -0.39 is 28.5 Å². The summed E-state index contributed by atoms with van der Waals surface area (Å²) in [6, 6.07) is 12.6. The van der Waals surface area contributed by atoms with Gasteiger partial charge in [-0.25, -0.2) is 8.42 Å². The van der Waals surface area contributed by atoms with Crippen molar-refractivity contribution in [2.45, 2.75) is 46.2 Å². The van der Waals surface area contributed by atoms with Crippen LogP contribution >= 0.6 is 11.6 Å². The van der Waals surface area contributed by atoms with Gasteiger partial charge in [-0.15, -0.1) is 0 Å². The molecule has 0 saturated carbocycles. The van der Waals surface area contributed by atoms with Gasteiger partial charge in [0.2, 0.25) is 21.8 Å². The van der Waals surface area contributed by atoms with Gasteiger partial charge in [0.1, 0.15) is 18.3 Å². The molecule has 0 saturated heterocycles. The number of carbonyl (C=O) groups is 2. The fourth-order valence-electron chi connectivity index (χ4n) is 3.44. The largest absolute Gasteiger partial charge is 0.494 e. The fraction of sp³-hybridized carbons (Fsp3) is 0.440. The molecule has 2 aromatic carbocycles. The topological polar surface area (TPSA) is 96.0 Å². The Hall–Kier alpha value is -2.78. The highest BCUT2D eigenvalue weighted by Gasteiger charge is 2.30. The van der Waals surface area contributed by atoms with E-state index in [-0.39, 0.29) is 12.5 Å². The second-order valence-corrected chi connectivity index (χ2v) is 10.5. The zero-order chi connectivity index (χ0) is 26.0. The summed E-state index contributed by atoms with van der Waals surface area (Å²) in [7, 11) is -3.79. The lowest BCUT2D eigenvalue weighted by Gasteiger charge is -2.31. The van der Waals surface area contributed by atoms with Crippen molar-refractivity contribution in [3.63, 3.8) is 0 Å². The lowest BCUT2D eigenvalue weighted by Crippen LogP contribution is -2.51. The molecular weight excluding hydrogens is 490 g/mol. The summed E-state index contributed by atoms with van der Waals surface area (Å²) in [5, 5.41) is 3.35. The van der Waals surface area contributed by atoms with Crippen molar-refractivity contribution in [2.75, 3.05) is 30.3 Å². The summed E-state index contributed by atoms with van der Waals surface area (Å²) >= 11 is 6.11. The lowest BCUT2D eigenvalue weighted by atomic mass is 10.1. The monoisotopic (exact) mass is 523 g/mol. The third-order valence-corrected chi connectivity index (χ3v) is 6.73. The molecule has 0 aliphatic rings. The molecule has 0 fully saturated rings. The van der Waals surface area contributed by atoms with Crippen LogP contribution in [0, 0.1) is 0 Å². The second kappa shape index (κ2) is 13.3. The number of ether oxygens (including phenoxy) is 1. The Labute approximate surface area is 213 Å². The Morgan fingerprint density at radius 2 is 1.80 bits per heavy atom. The minimum atomic E-state index is -3.79. The second-order valence-electron chi connectivity index (χ2n) is 8.17. The maximum Gasteiger partial charge on any atom is 0.244 e. The van der Waals surface area contributed by atoms with E-state index in [1.807, 2.05) is 13.8 Å². The van der Waals surface area contributed by atoms with Crippen LogP contribution in [0.25, 0.3) is 0 Å². The van der Waals surface area contributed by atoms with E-state index in [1.54, 1.807) is 55.5 Å². The zero-order valence-corrected chi connectivity index (χ0v) is 22.2. The van der Waals surface area contributed by atoms with Crippen molar-refractivity contribution < 1.29 is 22.7 Å². The Balaban J connectivity index is 2.33. The first kappa shape index (κ1) is 28.5. The molecule has 0 aromatic heterocycles.